The maximum atomic E-state index is 12.4. The molecule has 1 fully saturated rings. The summed E-state index contributed by atoms with van der Waals surface area (Å²) in [5.74, 6) is -0.233. The molecule has 1 aromatic heterocycles. The van der Waals surface area contributed by atoms with Gasteiger partial charge in [-0.25, -0.2) is 9.67 Å². The van der Waals surface area contributed by atoms with Crippen molar-refractivity contribution in [1.82, 2.24) is 20.1 Å². The number of hydrogen-bond acceptors (Lipinski definition) is 4. The molecule has 0 atom stereocenters. The zero-order valence-corrected chi connectivity index (χ0v) is 15.5. The number of carbonyl (C=O) groups is 2. The van der Waals surface area contributed by atoms with Crippen LogP contribution in [-0.2, 0) is 4.79 Å². The van der Waals surface area contributed by atoms with E-state index in [1.54, 1.807) is 24.6 Å². The number of aliphatic carboxylic acids is 1. The van der Waals surface area contributed by atoms with Gasteiger partial charge in [0.2, 0.25) is 5.82 Å². The van der Waals surface area contributed by atoms with E-state index in [1.165, 1.54) is 0 Å². The van der Waals surface area contributed by atoms with Crippen molar-refractivity contribution in [2.75, 3.05) is 6.54 Å². The van der Waals surface area contributed by atoms with Crippen LogP contribution in [0.3, 0.4) is 0 Å². The van der Waals surface area contributed by atoms with Crippen LogP contribution in [0.4, 0.5) is 0 Å². The Morgan fingerprint density at radius 3 is 2.65 bits per heavy atom. The molecule has 1 aliphatic rings. The van der Waals surface area contributed by atoms with Gasteiger partial charge in [0.05, 0.1) is 16.1 Å². The fourth-order valence-corrected chi connectivity index (χ4v) is 2.72. The van der Waals surface area contributed by atoms with E-state index in [0.29, 0.717) is 17.1 Å². The van der Waals surface area contributed by atoms with E-state index in [0.717, 1.165) is 18.7 Å². The largest absolute Gasteiger partial charge is 0.481 e. The zero-order chi connectivity index (χ0) is 18.9. The molecule has 0 unspecified atom stereocenters. The first-order valence-corrected chi connectivity index (χ1v) is 8.91. The molecule has 0 saturated heterocycles. The Kier molecular flexibility index (Phi) is 5.00. The minimum atomic E-state index is -0.906. The third-order valence-electron chi connectivity index (χ3n) is 4.47. The standard InChI is InChI=1S/C18H21ClN4O3/c1-18(2,17(25)26)9-10-20-16(24)14-21-15(11-7-8-11)23(22-14)13-6-4-3-5-12(13)19/h3-6,11H,7-10H2,1-2H3,(H,20,24)(H,25,26). The highest BCUT2D eigenvalue weighted by Gasteiger charge is 2.32. The van der Waals surface area contributed by atoms with E-state index in [1.807, 2.05) is 18.2 Å². The van der Waals surface area contributed by atoms with Crippen molar-refractivity contribution in [2.24, 2.45) is 5.41 Å². The Hall–Kier alpha value is -2.41. The minimum absolute atomic E-state index is 0.0694. The number of nitrogens with one attached hydrogen (secondary N) is 1. The highest BCUT2D eigenvalue weighted by molar-refractivity contribution is 6.32. The monoisotopic (exact) mass is 376 g/mol. The van der Waals surface area contributed by atoms with Crippen molar-refractivity contribution in [3.8, 4) is 5.69 Å². The number of carboxylic acid groups (broad SMARTS) is 1. The van der Waals surface area contributed by atoms with Crippen molar-refractivity contribution in [3.05, 3.63) is 40.9 Å². The quantitative estimate of drug-likeness (QED) is 0.774. The lowest BCUT2D eigenvalue weighted by Gasteiger charge is -2.18. The molecule has 7 nitrogen and oxygen atoms in total. The SMILES string of the molecule is CC(C)(CCNC(=O)c1nc(C2CC2)n(-c2ccccc2Cl)n1)C(=O)O. The van der Waals surface area contributed by atoms with E-state index in [2.05, 4.69) is 15.4 Å². The summed E-state index contributed by atoms with van der Waals surface area (Å²) >= 11 is 6.26. The number of benzene rings is 1. The average molecular weight is 377 g/mol. The minimum Gasteiger partial charge on any atom is -0.481 e. The predicted octanol–water partition coefficient (Wildman–Crippen LogP) is 3.03. The first-order valence-electron chi connectivity index (χ1n) is 8.53. The molecule has 1 heterocycles. The fraction of sp³-hybridized carbons (Fsp3) is 0.444. The lowest BCUT2D eigenvalue weighted by molar-refractivity contribution is -0.147. The Labute approximate surface area is 156 Å². The lowest BCUT2D eigenvalue weighted by Crippen LogP contribution is -2.32. The molecular formula is C18H21ClN4O3. The van der Waals surface area contributed by atoms with Crippen LogP contribution >= 0.6 is 11.6 Å². The van der Waals surface area contributed by atoms with Gasteiger partial charge in [-0.15, -0.1) is 5.10 Å². The maximum Gasteiger partial charge on any atom is 0.309 e. The summed E-state index contributed by atoms with van der Waals surface area (Å²) in [7, 11) is 0. The van der Waals surface area contributed by atoms with Crippen LogP contribution in [0.5, 0.6) is 0 Å². The smallest absolute Gasteiger partial charge is 0.309 e. The second kappa shape index (κ2) is 7.07. The van der Waals surface area contributed by atoms with Crippen LogP contribution in [-0.4, -0.2) is 38.3 Å². The van der Waals surface area contributed by atoms with Gasteiger partial charge in [0, 0.05) is 12.5 Å². The van der Waals surface area contributed by atoms with Crippen LogP contribution in [0.15, 0.2) is 24.3 Å². The van der Waals surface area contributed by atoms with Crippen LogP contribution in [0.2, 0.25) is 5.02 Å². The molecular weight excluding hydrogens is 356 g/mol. The van der Waals surface area contributed by atoms with E-state index in [-0.39, 0.29) is 18.3 Å². The highest BCUT2D eigenvalue weighted by Crippen LogP contribution is 2.40. The zero-order valence-electron chi connectivity index (χ0n) is 14.7. The number of rotatable bonds is 7. The number of para-hydroxylation sites is 1. The maximum absolute atomic E-state index is 12.4. The molecule has 1 amide bonds. The van der Waals surface area contributed by atoms with Crippen molar-refractivity contribution in [1.29, 1.82) is 0 Å². The first kappa shape index (κ1) is 18.4. The summed E-state index contributed by atoms with van der Waals surface area (Å²) in [6.07, 6.45) is 2.34. The normalized spacial score (nSPS) is 14.3. The van der Waals surface area contributed by atoms with E-state index >= 15 is 0 Å². The van der Waals surface area contributed by atoms with Crippen molar-refractivity contribution >= 4 is 23.5 Å². The predicted molar refractivity (Wildman–Crippen MR) is 96.7 cm³/mol. The molecule has 8 heteroatoms. The number of amides is 1. The van der Waals surface area contributed by atoms with E-state index < -0.39 is 17.3 Å². The van der Waals surface area contributed by atoms with Gasteiger partial charge >= 0.3 is 5.97 Å². The highest BCUT2D eigenvalue weighted by atomic mass is 35.5. The second-order valence-electron chi connectivity index (χ2n) is 7.13. The number of nitrogens with zero attached hydrogens (tertiary/aromatic N) is 3. The molecule has 1 aliphatic carbocycles. The van der Waals surface area contributed by atoms with Gasteiger partial charge in [0.1, 0.15) is 5.82 Å². The Bertz CT molecular complexity index is 843. The molecule has 138 valence electrons. The van der Waals surface area contributed by atoms with Crippen molar-refractivity contribution < 1.29 is 14.7 Å². The summed E-state index contributed by atoms with van der Waals surface area (Å²) in [4.78, 5) is 27.9. The summed E-state index contributed by atoms with van der Waals surface area (Å²) in [5.41, 5.74) is -0.216. The van der Waals surface area contributed by atoms with Crippen molar-refractivity contribution in [2.45, 2.75) is 39.0 Å². The van der Waals surface area contributed by atoms with Gasteiger partial charge in [0.15, 0.2) is 0 Å². The van der Waals surface area contributed by atoms with Crippen molar-refractivity contribution in [3.63, 3.8) is 0 Å². The van der Waals surface area contributed by atoms with Gasteiger partial charge < -0.3 is 10.4 Å². The van der Waals surface area contributed by atoms with Gasteiger partial charge in [-0.1, -0.05) is 23.7 Å². The van der Waals surface area contributed by atoms with Crippen LogP contribution in [0, 0.1) is 5.41 Å². The van der Waals surface area contributed by atoms with Gasteiger partial charge in [-0.05, 0) is 45.2 Å². The summed E-state index contributed by atoms with van der Waals surface area (Å²) in [6, 6.07) is 7.29. The summed E-state index contributed by atoms with van der Waals surface area (Å²) < 4.78 is 1.64. The molecule has 3 rings (SSSR count). The molecule has 1 saturated carbocycles. The third kappa shape index (κ3) is 3.88. The van der Waals surface area contributed by atoms with E-state index in [9.17, 15) is 9.59 Å². The summed E-state index contributed by atoms with van der Waals surface area (Å²) in [6.45, 7) is 3.48. The second-order valence-corrected chi connectivity index (χ2v) is 7.53. The molecule has 26 heavy (non-hydrogen) atoms. The Morgan fingerprint density at radius 2 is 2.04 bits per heavy atom. The molecule has 0 radical (unpaired) electrons. The molecule has 1 aromatic carbocycles. The van der Waals surface area contributed by atoms with Gasteiger partial charge in [-0.2, -0.15) is 0 Å². The van der Waals surface area contributed by atoms with E-state index in [4.69, 9.17) is 16.7 Å². The van der Waals surface area contributed by atoms with Crippen LogP contribution < -0.4 is 5.32 Å². The topological polar surface area (TPSA) is 97.1 Å². The van der Waals surface area contributed by atoms with Gasteiger partial charge in [0.25, 0.3) is 5.91 Å². The molecule has 2 N–H and O–H groups in total. The fourth-order valence-electron chi connectivity index (χ4n) is 2.50. The summed E-state index contributed by atoms with van der Waals surface area (Å²) in [5, 5.41) is 16.7. The van der Waals surface area contributed by atoms with Crippen LogP contribution in [0.1, 0.15) is 55.5 Å². The number of carboxylic acids is 1. The average Bonchev–Trinajstić information content (AvgIpc) is 3.34. The molecule has 2 aromatic rings. The third-order valence-corrected chi connectivity index (χ3v) is 4.79. The molecule has 0 bridgehead atoms. The number of aromatic nitrogens is 3. The molecule has 0 spiro atoms. The molecule has 0 aliphatic heterocycles. The van der Waals surface area contributed by atoms with Gasteiger partial charge in [-0.3, -0.25) is 9.59 Å². The first-order chi connectivity index (χ1) is 12.3. The number of halogens is 1. The Balaban J connectivity index is 1.77. The van der Waals surface area contributed by atoms with Crippen LogP contribution in [0.25, 0.3) is 5.69 Å². The Morgan fingerprint density at radius 1 is 1.35 bits per heavy atom. The number of hydrogen-bond donors (Lipinski definition) is 2. The number of carbonyl (C=O) groups excluding carboxylic acids is 1. The lowest BCUT2D eigenvalue weighted by atomic mass is 9.90.